The Bertz CT molecular complexity index is 693. The van der Waals surface area contributed by atoms with Crippen molar-refractivity contribution >= 4 is 33.7 Å². The van der Waals surface area contributed by atoms with Gasteiger partial charge in [0.05, 0.1) is 28.3 Å². The fourth-order valence-electron chi connectivity index (χ4n) is 2.57. The first-order valence-electron chi connectivity index (χ1n) is 11.5. The monoisotopic (exact) mass is 665 g/mol. The van der Waals surface area contributed by atoms with E-state index in [2.05, 4.69) is 24.7 Å². The van der Waals surface area contributed by atoms with Gasteiger partial charge in [-0.1, -0.05) is 13.8 Å². The molecule has 0 aliphatic heterocycles. The van der Waals surface area contributed by atoms with Crippen molar-refractivity contribution < 1.29 is 72.7 Å². The van der Waals surface area contributed by atoms with E-state index >= 15 is 0 Å². The predicted octanol–water partition coefficient (Wildman–Crippen LogP) is 4.36. The lowest BCUT2D eigenvalue weighted by Crippen LogP contribution is -2.33. The molecule has 0 radical (unpaired) electrons. The standard InChI is InChI=1S/C10H18F6O8S2.C8H18N2O2.CH5N.CH4/c11-9(12,13)5-25(19,20)23-4-2-1-3-7(8(17)18)24-26(21,22)6-10(14,15)16;1-9-6-4-3-5-7(10-2)8(11)12;1-2;/h7,19-22H,1-6H2,(H,17,18);7,9-10H,3-6H2,1-2H3,(H,11,12);2H2,1H3;1H4. The molecule has 13 nitrogen and oxygen atoms in total. The highest BCUT2D eigenvalue weighted by atomic mass is 32.3. The molecule has 0 aromatic carbocycles. The highest BCUT2D eigenvalue weighted by Gasteiger charge is 2.41. The number of carbonyl (C=O) groups is 2. The lowest BCUT2D eigenvalue weighted by atomic mass is 10.1. The van der Waals surface area contributed by atoms with E-state index in [9.17, 15) is 35.9 Å². The van der Waals surface area contributed by atoms with E-state index in [-0.39, 0.29) is 26.3 Å². The SMILES string of the molecule is C.CN.CNCCCCC(NC)C(=O)O.O=C(O)C(CCCCOS(O)(O)CC(F)(F)F)OS(O)(O)CC(F)(F)F. The summed E-state index contributed by atoms with van der Waals surface area (Å²) in [6.07, 6.45) is -10.1. The van der Waals surface area contributed by atoms with Crippen molar-refractivity contribution in [3.63, 3.8) is 0 Å². The Hall–Kier alpha value is -1.14. The van der Waals surface area contributed by atoms with Crippen LogP contribution in [-0.2, 0) is 18.0 Å². The average molecular weight is 666 g/mol. The van der Waals surface area contributed by atoms with Gasteiger partial charge in [-0.15, -0.1) is 0 Å². The molecule has 0 aliphatic carbocycles. The first kappa shape index (κ1) is 46.8. The molecule has 0 saturated carbocycles. The van der Waals surface area contributed by atoms with Crippen molar-refractivity contribution in [2.75, 3.05) is 45.8 Å². The third-order valence-electron chi connectivity index (χ3n) is 4.20. The molecule has 0 rings (SSSR count). The van der Waals surface area contributed by atoms with E-state index in [1.54, 1.807) is 7.05 Å². The number of nitrogens with two attached hydrogens (primary N) is 1. The summed E-state index contributed by atoms with van der Waals surface area (Å²) in [5, 5.41) is 23.2. The van der Waals surface area contributed by atoms with Crippen LogP contribution in [0, 0.1) is 0 Å². The molecule has 41 heavy (non-hydrogen) atoms. The molecule has 0 bridgehead atoms. The molecule has 0 saturated heterocycles. The Morgan fingerprint density at radius 2 is 1.27 bits per heavy atom. The van der Waals surface area contributed by atoms with E-state index in [4.69, 9.17) is 28.4 Å². The molecular weight excluding hydrogens is 620 g/mol. The van der Waals surface area contributed by atoms with Crippen LogP contribution in [0.5, 0.6) is 0 Å². The number of unbranched alkanes of at least 4 members (excludes halogenated alkanes) is 2. The normalized spacial score (nSPS) is 14.3. The van der Waals surface area contributed by atoms with Crippen molar-refractivity contribution in [2.24, 2.45) is 5.73 Å². The second kappa shape index (κ2) is 23.3. The zero-order valence-electron chi connectivity index (χ0n) is 22.2. The molecule has 0 heterocycles. The van der Waals surface area contributed by atoms with Gasteiger partial charge in [-0.3, -0.25) is 13.2 Å². The Labute approximate surface area is 239 Å². The zero-order chi connectivity index (χ0) is 32.2. The summed E-state index contributed by atoms with van der Waals surface area (Å²) < 4.78 is 117. The minimum absolute atomic E-state index is 0. The molecule has 0 spiro atoms. The fraction of sp³-hybridized carbons (Fsp3) is 0.900. The van der Waals surface area contributed by atoms with Gasteiger partial charge in [-0.2, -0.15) is 26.3 Å². The molecule has 21 heteroatoms. The molecule has 0 aliphatic rings. The van der Waals surface area contributed by atoms with Crippen LogP contribution in [-0.4, -0.2) is 111 Å². The van der Waals surface area contributed by atoms with Crippen LogP contribution in [0.25, 0.3) is 0 Å². The molecular formula is C20H45F6N3O10S2. The smallest absolute Gasteiger partial charge is 0.402 e. The third kappa shape index (κ3) is 31.6. The van der Waals surface area contributed by atoms with Gasteiger partial charge in [-0.05, 0) is 59.8 Å². The minimum atomic E-state index is -5.01. The number of aliphatic carboxylic acids is 2. The maximum atomic E-state index is 12.1. The number of alkyl halides is 6. The predicted molar refractivity (Wildman–Crippen MR) is 145 cm³/mol. The second-order valence-corrected chi connectivity index (χ2v) is 11.2. The number of hydrogen-bond donors (Lipinski definition) is 9. The number of carboxylic acids is 2. The van der Waals surface area contributed by atoms with Gasteiger partial charge in [0.2, 0.25) is 0 Å². The summed E-state index contributed by atoms with van der Waals surface area (Å²) in [4.78, 5) is 21.4. The molecule has 10 N–H and O–H groups in total. The summed E-state index contributed by atoms with van der Waals surface area (Å²) in [7, 11) is -4.01. The van der Waals surface area contributed by atoms with E-state index in [0.717, 1.165) is 19.4 Å². The first-order chi connectivity index (χ1) is 18.1. The van der Waals surface area contributed by atoms with Crippen LogP contribution < -0.4 is 16.4 Å². The number of nitrogens with one attached hydrogen (secondary N) is 2. The van der Waals surface area contributed by atoms with Gasteiger partial charge in [0.15, 0.2) is 6.10 Å². The molecule has 0 fully saturated rings. The fourth-order valence-corrected chi connectivity index (χ4v) is 4.51. The van der Waals surface area contributed by atoms with Gasteiger partial charge >= 0.3 is 24.3 Å². The third-order valence-corrected chi connectivity index (χ3v) is 6.69. The van der Waals surface area contributed by atoms with E-state index in [1.807, 2.05) is 7.05 Å². The van der Waals surface area contributed by atoms with Gasteiger partial charge in [0.1, 0.15) is 17.5 Å². The quantitative estimate of drug-likeness (QED) is 0.0734. The highest BCUT2D eigenvalue weighted by Crippen LogP contribution is 2.47. The number of hydrogen-bond acceptors (Lipinski definition) is 11. The van der Waals surface area contributed by atoms with Crippen molar-refractivity contribution in [3.05, 3.63) is 0 Å². The van der Waals surface area contributed by atoms with Crippen molar-refractivity contribution in [2.45, 2.75) is 70.4 Å². The van der Waals surface area contributed by atoms with Gasteiger partial charge in [-0.25, -0.2) is 4.79 Å². The van der Waals surface area contributed by atoms with Crippen LogP contribution in [0.3, 0.4) is 0 Å². The van der Waals surface area contributed by atoms with Crippen LogP contribution in [0.2, 0.25) is 0 Å². The number of rotatable bonds is 18. The minimum Gasteiger partial charge on any atom is -0.480 e. The summed E-state index contributed by atoms with van der Waals surface area (Å²) in [5.74, 6) is -6.69. The second-order valence-electron chi connectivity index (χ2n) is 7.75. The van der Waals surface area contributed by atoms with Gasteiger partial charge < -0.3 is 44.8 Å². The van der Waals surface area contributed by atoms with Gasteiger partial charge in [0.25, 0.3) is 0 Å². The summed E-state index contributed by atoms with van der Waals surface area (Å²) in [6.45, 7) is 0.347. The van der Waals surface area contributed by atoms with Crippen LogP contribution in [0.1, 0.15) is 46.0 Å². The maximum Gasteiger partial charge on any atom is 0.402 e. The largest absolute Gasteiger partial charge is 0.480 e. The molecule has 254 valence electrons. The number of likely N-dealkylation sites (N-methyl/N-ethyl adjacent to an activating group) is 1. The first-order valence-corrected chi connectivity index (χ1v) is 14.8. The summed E-state index contributed by atoms with van der Waals surface area (Å²) >= 11 is 0. The molecule has 2 atom stereocenters. The van der Waals surface area contributed by atoms with Crippen molar-refractivity contribution in [3.8, 4) is 0 Å². The molecule has 0 aromatic rings. The van der Waals surface area contributed by atoms with Crippen LogP contribution in [0.15, 0.2) is 0 Å². The maximum absolute atomic E-state index is 12.1. The summed E-state index contributed by atoms with van der Waals surface area (Å²) in [5.41, 5.74) is 4.50. The lowest BCUT2D eigenvalue weighted by Gasteiger charge is -2.30. The molecule has 0 aromatic heterocycles. The van der Waals surface area contributed by atoms with Crippen molar-refractivity contribution in [1.82, 2.24) is 10.6 Å². The highest BCUT2D eigenvalue weighted by molar-refractivity contribution is 8.20. The Kier molecular flexibility index (Phi) is 26.6. The Morgan fingerprint density at radius 1 is 0.805 bits per heavy atom. The topological polar surface area (TPSA) is 224 Å². The van der Waals surface area contributed by atoms with E-state index in [1.165, 1.54) is 7.05 Å². The average Bonchev–Trinajstić information content (AvgIpc) is 2.76. The van der Waals surface area contributed by atoms with E-state index in [0.29, 0.717) is 6.42 Å². The Balaban J connectivity index is -0.000000383. The molecule has 0 amide bonds. The zero-order valence-corrected chi connectivity index (χ0v) is 23.8. The summed E-state index contributed by atoms with van der Waals surface area (Å²) in [6, 6.07) is -0.387. The Morgan fingerprint density at radius 3 is 1.66 bits per heavy atom. The van der Waals surface area contributed by atoms with Gasteiger partial charge in [0, 0.05) is 0 Å². The number of halogens is 6. The molecule has 2 unspecified atom stereocenters. The lowest BCUT2D eigenvalue weighted by molar-refractivity contribution is -0.146. The van der Waals surface area contributed by atoms with Crippen LogP contribution in [0.4, 0.5) is 26.3 Å². The van der Waals surface area contributed by atoms with Crippen LogP contribution >= 0.6 is 21.7 Å². The van der Waals surface area contributed by atoms with E-state index < -0.39 is 76.7 Å². The van der Waals surface area contributed by atoms with Crippen molar-refractivity contribution in [1.29, 1.82) is 0 Å². The number of carboxylic acid groups (broad SMARTS) is 2.